The lowest BCUT2D eigenvalue weighted by molar-refractivity contribution is -0.123. The van der Waals surface area contributed by atoms with E-state index in [-0.39, 0.29) is 5.91 Å². The molecule has 0 saturated carbocycles. The highest BCUT2D eigenvalue weighted by molar-refractivity contribution is 5.94. The van der Waals surface area contributed by atoms with E-state index in [0.717, 1.165) is 29.0 Å². The Morgan fingerprint density at radius 2 is 2.14 bits per heavy atom. The number of benzene rings is 1. The zero-order valence-corrected chi connectivity index (χ0v) is 12.4. The van der Waals surface area contributed by atoms with Crippen LogP contribution in [0.4, 0.5) is 5.88 Å². The predicted octanol–water partition coefficient (Wildman–Crippen LogP) is 2.93. The number of aryl methyl sites for hydroxylation is 3. The zero-order chi connectivity index (χ0) is 15.0. The lowest BCUT2D eigenvalue weighted by Crippen LogP contribution is -2.35. The number of hydrogen-bond donors (Lipinski definition) is 1. The van der Waals surface area contributed by atoms with Gasteiger partial charge in [-0.1, -0.05) is 22.9 Å². The van der Waals surface area contributed by atoms with Gasteiger partial charge in [-0.25, -0.2) is 0 Å². The van der Waals surface area contributed by atoms with Gasteiger partial charge in [0.1, 0.15) is 5.75 Å². The molecule has 2 aromatic rings. The van der Waals surface area contributed by atoms with Crippen molar-refractivity contribution in [1.29, 1.82) is 0 Å². The van der Waals surface area contributed by atoms with Crippen LogP contribution in [0.3, 0.4) is 0 Å². The molecule has 0 saturated heterocycles. The minimum atomic E-state index is -0.495. The average Bonchev–Trinajstić information content (AvgIpc) is 2.78. The number of hydrogen-bond acceptors (Lipinski definition) is 4. The molecular weight excluding hydrogens is 268 g/mol. The van der Waals surface area contributed by atoms with Gasteiger partial charge in [0, 0.05) is 5.56 Å². The lowest BCUT2D eigenvalue weighted by atomic mass is 10.00. The van der Waals surface area contributed by atoms with Crippen molar-refractivity contribution in [2.45, 2.75) is 39.7 Å². The van der Waals surface area contributed by atoms with Crippen LogP contribution in [0.15, 0.2) is 22.7 Å². The Hall–Kier alpha value is -2.30. The van der Waals surface area contributed by atoms with Gasteiger partial charge in [0.2, 0.25) is 5.88 Å². The van der Waals surface area contributed by atoms with Gasteiger partial charge >= 0.3 is 0 Å². The van der Waals surface area contributed by atoms with Gasteiger partial charge in [-0.05, 0) is 45.2 Å². The Morgan fingerprint density at radius 3 is 2.86 bits per heavy atom. The molecule has 2 heterocycles. The lowest BCUT2D eigenvalue weighted by Gasteiger charge is -2.25. The smallest absolute Gasteiger partial charge is 0.267 e. The summed E-state index contributed by atoms with van der Waals surface area (Å²) in [5.74, 6) is 0.994. The molecule has 0 aliphatic carbocycles. The summed E-state index contributed by atoms with van der Waals surface area (Å²) in [6.07, 6.45) is 1.00. The second kappa shape index (κ2) is 5.24. The van der Waals surface area contributed by atoms with Gasteiger partial charge in [-0.15, -0.1) is 0 Å². The Morgan fingerprint density at radius 1 is 1.33 bits per heavy atom. The van der Waals surface area contributed by atoms with Crippen LogP contribution in [0.1, 0.15) is 28.8 Å². The summed E-state index contributed by atoms with van der Waals surface area (Å²) in [6, 6.07) is 6.02. The molecule has 1 amide bonds. The van der Waals surface area contributed by atoms with E-state index < -0.39 is 6.10 Å². The average molecular weight is 286 g/mol. The molecule has 21 heavy (non-hydrogen) atoms. The molecular formula is C16H18N2O3. The first-order valence-electron chi connectivity index (χ1n) is 7.04. The first-order chi connectivity index (χ1) is 10.0. The van der Waals surface area contributed by atoms with Crippen molar-refractivity contribution in [3.05, 3.63) is 40.6 Å². The van der Waals surface area contributed by atoms with Crippen molar-refractivity contribution >= 4 is 11.8 Å². The van der Waals surface area contributed by atoms with Gasteiger partial charge in [0.15, 0.2) is 6.10 Å². The summed E-state index contributed by atoms with van der Waals surface area (Å²) >= 11 is 0. The number of aromatic nitrogens is 1. The molecule has 5 nitrogen and oxygen atoms in total. The molecule has 3 rings (SSSR count). The van der Waals surface area contributed by atoms with Crippen LogP contribution in [0, 0.1) is 20.8 Å². The number of amides is 1. The molecule has 1 N–H and O–H groups in total. The fraction of sp³-hybridized carbons (Fsp3) is 0.375. The summed E-state index contributed by atoms with van der Waals surface area (Å²) in [7, 11) is 0. The Balaban J connectivity index is 1.72. The molecule has 5 heteroatoms. The van der Waals surface area contributed by atoms with Crippen LogP contribution in [-0.2, 0) is 11.2 Å². The topological polar surface area (TPSA) is 64.4 Å². The maximum Gasteiger partial charge on any atom is 0.267 e. The van der Waals surface area contributed by atoms with E-state index in [1.54, 1.807) is 0 Å². The second-order valence-electron chi connectivity index (χ2n) is 5.47. The third kappa shape index (κ3) is 2.63. The maximum absolute atomic E-state index is 12.3. The van der Waals surface area contributed by atoms with E-state index >= 15 is 0 Å². The van der Waals surface area contributed by atoms with E-state index in [0.29, 0.717) is 12.3 Å². The Bertz CT molecular complexity index is 691. The monoisotopic (exact) mass is 286 g/mol. The Labute approximate surface area is 123 Å². The first kappa shape index (κ1) is 13.7. The van der Waals surface area contributed by atoms with E-state index in [1.165, 1.54) is 5.56 Å². The molecule has 0 radical (unpaired) electrons. The molecule has 1 atom stereocenters. The fourth-order valence-corrected chi connectivity index (χ4v) is 2.43. The van der Waals surface area contributed by atoms with E-state index in [9.17, 15) is 4.79 Å². The number of ether oxygens (including phenoxy) is 1. The number of rotatable bonds is 2. The van der Waals surface area contributed by atoms with Crippen LogP contribution < -0.4 is 10.1 Å². The van der Waals surface area contributed by atoms with Gasteiger partial charge in [0.05, 0.1) is 5.69 Å². The number of carbonyl (C=O) groups excluding carboxylic acids is 1. The van der Waals surface area contributed by atoms with Gasteiger partial charge in [0.25, 0.3) is 5.91 Å². The standard InChI is InChI=1S/C16H18N2O3/c1-9-4-6-13-12(8-9)5-7-14(20-13)15(19)17-16-10(2)11(3)18-21-16/h4,6,8,14H,5,7H2,1-3H3,(H,17,19). The first-order valence-corrected chi connectivity index (χ1v) is 7.04. The van der Waals surface area contributed by atoms with Crippen LogP contribution in [0.25, 0.3) is 0 Å². The summed E-state index contributed by atoms with van der Waals surface area (Å²) in [5, 5.41) is 6.58. The normalized spacial score (nSPS) is 17.0. The van der Waals surface area contributed by atoms with Crippen LogP contribution in [0.5, 0.6) is 5.75 Å². The largest absolute Gasteiger partial charge is 0.480 e. The molecule has 1 unspecified atom stereocenters. The van der Waals surface area contributed by atoms with Gasteiger partial charge < -0.3 is 9.26 Å². The minimum Gasteiger partial charge on any atom is -0.480 e. The zero-order valence-electron chi connectivity index (χ0n) is 12.4. The molecule has 110 valence electrons. The van der Waals surface area contributed by atoms with E-state index in [1.807, 2.05) is 32.9 Å². The molecule has 0 fully saturated rings. The number of fused-ring (bicyclic) bond motifs is 1. The summed E-state index contributed by atoms with van der Waals surface area (Å²) in [4.78, 5) is 12.3. The summed E-state index contributed by atoms with van der Waals surface area (Å²) in [5.41, 5.74) is 3.98. The van der Waals surface area contributed by atoms with Crippen LogP contribution in [-0.4, -0.2) is 17.2 Å². The molecule has 1 aromatic carbocycles. The van der Waals surface area contributed by atoms with Crippen molar-refractivity contribution in [2.24, 2.45) is 0 Å². The number of nitrogens with one attached hydrogen (secondary N) is 1. The van der Waals surface area contributed by atoms with Crippen molar-refractivity contribution in [3.8, 4) is 5.75 Å². The minimum absolute atomic E-state index is 0.194. The number of nitrogens with zero attached hydrogens (tertiary/aromatic N) is 1. The molecule has 0 spiro atoms. The summed E-state index contributed by atoms with van der Waals surface area (Å²) in [6.45, 7) is 5.75. The number of anilines is 1. The SMILES string of the molecule is Cc1ccc2c(c1)CCC(C(=O)Nc1onc(C)c1C)O2. The van der Waals surface area contributed by atoms with Gasteiger partial charge in [-0.3, -0.25) is 10.1 Å². The summed E-state index contributed by atoms with van der Waals surface area (Å²) < 4.78 is 10.9. The molecule has 0 bridgehead atoms. The van der Waals surface area contributed by atoms with Gasteiger partial charge in [-0.2, -0.15) is 0 Å². The highest BCUT2D eigenvalue weighted by Crippen LogP contribution is 2.29. The van der Waals surface area contributed by atoms with Crippen molar-refractivity contribution in [1.82, 2.24) is 5.16 Å². The fourth-order valence-electron chi connectivity index (χ4n) is 2.43. The highest BCUT2D eigenvalue weighted by atomic mass is 16.5. The van der Waals surface area contributed by atoms with Crippen LogP contribution in [0.2, 0.25) is 0 Å². The van der Waals surface area contributed by atoms with Crippen LogP contribution >= 0.6 is 0 Å². The highest BCUT2D eigenvalue weighted by Gasteiger charge is 2.27. The predicted molar refractivity (Wildman–Crippen MR) is 78.5 cm³/mol. The third-order valence-corrected chi connectivity index (χ3v) is 3.85. The molecule has 1 aliphatic heterocycles. The van der Waals surface area contributed by atoms with E-state index in [2.05, 4.69) is 16.5 Å². The Kier molecular flexibility index (Phi) is 3.41. The second-order valence-corrected chi connectivity index (χ2v) is 5.47. The third-order valence-electron chi connectivity index (χ3n) is 3.85. The number of carbonyl (C=O) groups is 1. The van der Waals surface area contributed by atoms with Crippen molar-refractivity contribution in [3.63, 3.8) is 0 Å². The quantitative estimate of drug-likeness (QED) is 0.922. The van der Waals surface area contributed by atoms with E-state index in [4.69, 9.17) is 9.26 Å². The van der Waals surface area contributed by atoms with Crippen molar-refractivity contribution in [2.75, 3.05) is 5.32 Å². The molecule has 1 aromatic heterocycles. The molecule has 1 aliphatic rings. The maximum atomic E-state index is 12.3. The van der Waals surface area contributed by atoms with Crippen molar-refractivity contribution < 1.29 is 14.1 Å².